The number of halogens is 2. The van der Waals surface area contributed by atoms with Crippen LogP contribution in [0.4, 0.5) is 10.1 Å². The zero-order valence-electron chi connectivity index (χ0n) is 11.1. The summed E-state index contributed by atoms with van der Waals surface area (Å²) in [6.45, 7) is 3.52. The van der Waals surface area contributed by atoms with Crippen molar-refractivity contribution in [3.8, 4) is 0 Å². The minimum Gasteiger partial charge on any atom is -0.463 e. The minimum atomic E-state index is -1.20. The summed E-state index contributed by atoms with van der Waals surface area (Å²) in [5.41, 5.74) is 5.14. The Bertz CT molecular complexity index is 591. The van der Waals surface area contributed by atoms with Crippen LogP contribution in [-0.2, 0) is 14.4 Å². The predicted octanol–water partition coefficient (Wildman–Crippen LogP) is 2.51. The first-order valence-electron chi connectivity index (χ1n) is 6.04. The molecule has 1 aliphatic rings. The Balaban J connectivity index is 2.25. The molecule has 0 spiro atoms. The summed E-state index contributed by atoms with van der Waals surface area (Å²) < 4.78 is 18.2. The van der Waals surface area contributed by atoms with E-state index in [1.807, 2.05) is 0 Å². The van der Waals surface area contributed by atoms with E-state index in [4.69, 9.17) is 26.9 Å². The van der Waals surface area contributed by atoms with Crippen LogP contribution in [0.3, 0.4) is 0 Å². The lowest BCUT2D eigenvalue weighted by Gasteiger charge is -2.18. The summed E-state index contributed by atoms with van der Waals surface area (Å²) in [5, 5.41) is 4.01. The van der Waals surface area contributed by atoms with Crippen LogP contribution < -0.4 is 5.73 Å². The van der Waals surface area contributed by atoms with Crippen LogP contribution in [-0.4, -0.2) is 23.9 Å². The number of hydrogen-bond donors (Lipinski definition) is 1. The Morgan fingerprint density at radius 1 is 1.65 bits per heavy atom. The Labute approximate surface area is 120 Å². The van der Waals surface area contributed by atoms with Crippen LogP contribution in [0, 0.1) is 5.82 Å². The van der Waals surface area contributed by atoms with Crippen molar-refractivity contribution in [2.45, 2.75) is 25.9 Å². The van der Waals surface area contributed by atoms with E-state index < -0.39 is 17.4 Å². The number of nitrogens with two attached hydrogens (primary N) is 1. The molecule has 0 fully saturated rings. The molecule has 20 heavy (non-hydrogen) atoms. The summed E-state index contributed by atoms with van der Waals surface area (Å²) in [5.74, 6) is -1.11. The van der Waals surface area contributed by atoms with Crippen LogP contribution >= 0.6 is 11.6 Å². The number of nitrogens with zero attached hydrogens (tertiary/aromatic N) is 1. The van der Waals surface area contributed by atoms with E-state index in [1.54, 1.807) is 13.8 Å². The van der Waals surface area contributed by atoms with Gasteiger partial charge in [-0.3, -0.25) is 0 Å². The van der Waals surface area contributed by atoms with Crippen molar-refractivity contribution in [3.63, 3.8) is 0 Å². The third kappa shape index (κ3) is 2.56. The highest BCUT2D eigenvalue weighted by Gasteiger charge is 2.44. The Hall–Kier alpha value is -1.82. The van der Waals surface area contributed by atoms with Crippen molar-refractivity contribution >= 4 is 29.0 Å². The van der Waals surface area contributed by atoms with Crippen molar-refractivity contribution in [1.82, 2.24) is 0 Å². The number of oxime groups is 1. The van der Waals surface area contributed by atoms with E-state index in [9.17, 15) is 9.18 Å². The molecule has 0 unspecified atom stereocenters. The highest BCUT2D eigenvalue weighted by molar-refractivity contribution is 6.34. The van der Waals surface area contributed by atoms with Crippen LogP contribution in [0.5, 0.6) is 0 Å². The molecule has 2 N–H and O–H groups in total. The van der Waals surface area contributed by atoms with Crippen LogP contribution in [0.1, 0.15) is 25.8 Å². The van der Waals surface area contributed by atoms with Gasteiger partial charge in [-0.1, -0.05) is 16.8 Å². The first-order chi connectivity index (χ1) is 9.37. The van der Waals surface area contributed by atoms with Gasteiger partial charge in [-0.25, -0.2) is 9.18 Å². The van der Waals surface area contributed by atoms with Crippen molar-refractivity contribution in [1.29, 1.82) is 0 Å². The number of rotatable bonds is 3. The molecule has 108 valence electrons. The molecule has 0 saturated heterocycles. The molecule has 0 radical (unpaired) electrons. The monoisotopic (exact) mass is 300 g/mol. The molecule has 1 aliphatic heterocycles. The first kappa shape index (κ1) is 14.6. The summed E-state index contributed by atoms with van der Waals surface area (Å²) >= 11 is 5.97. The zero-order valence-corrected chi connectivity index (χ0v) is 11.8. The van der Waals surface area contributed by atoms with E-state index in [0.29, 0.717) is 11.3 Å². The maximum Gasteiger partial charge on any atom is 0.353 e. The van der Waals surface area contributed by atoms with Crippen LogP contribution in [0.2, 0.25) is 5.02 Å². The number of nitrogen functional groups attached to an aromatic ring is 1. The number of ether oxygens (including phenoxy) is 1. The number of carbonyl (C=O) groups excluding carboxylic acids is 1. The molecule has 0 aliphatic carbocycles. The SMILES string of the molecule is CCOC(=O)[C@]1(C)CC(c2cc(N)c(F)cc2Cl)=NO1. The molecular formula is C13H14ClFN2O3. The molecule has 0 saturated carbocycles. The van der Waals surface area contributed by atoms with Gasteiger partial charge in [-0.15, -0.1) is 0 Å². The fraction of sp³-hybridized carbons (Fsp3) is 0.385. The number of carbonyl (C=O) groups is 1. The standard InChI is InChI=1S/C13H14ClFN2O3/c1-3-19-12(18)13(2)6-11(17-20-13)7-4-10(16)9(15)5-8(7)14/h4-5H,3,6,16H2,1-2H3/t13-/m0/s1. The second-order valence-electron chi connectivity index (χ2n) is 4.61. The average molecular weight is 301 g/mol. The minimum absolute atomic E-state index is 0.0446. The van der Waals surface area contributed by atoms with Crippen molar-refractivity contribution in [2.75, 3.05) is 12.3 Å². The number of anilines is 1. The number of esters is 1. The second kappa shape index (κ2) is 5.28. The van der Waals surface area contributed by atoms with Gasteiger partial charge in [0.1, 0.15) is 5.82 Å². The molecule has 1 atom stereocenters. The predicted molar refractivity (Wildman–Crippen MR) is 73.1 cm³/mol. The van der Waals surface area contributed by atoms with E-state index >= 15 is 0 Å². The lowest BCUT2D eigenvalue weighted by atomic mass is 9.95. The Morgan fingerprint density at radius 2 is 2.35 bits per heavy atom. The van der Waals surface area contributed by atoms with Crippen molar-refractivity contribution < 1.29 is 18.8 Å². The Kier molecular flexibility index (Phi) is 3.85. The molecule has 1 aromatic rings. The first-order valence-corrected chi connectivity index (χ1v) is 6.42. The maximum atomic E-state index is 13.3. The Morgan fingerprint density at radius 3 is 3.00 bits per heavy atom. The maximum absolute atomic E-state index is 13.3. The number of hydrogen-bond acceptors (Lipinski definition) is 5. The molecule has 0 amide bonds. The molecule has 7 heteroatoms. The van der Waals surface area contributed by atoms with Crippen molar-refractivity contribution in [3.05, 3.63) is 28.5 Å². The van der Waals surface area contributed by atoms with Crippen LogP contribution in [0.15, 0.2) is 17.3 Å². The van der Waals surface area contributed by atoms with Gasteiger partial charge in [0.25, 0.3) is 0 Å². The average Bonchev–Trinajstić information content (AvgIpc) is 2.78. The molecule has 2 rings (SSSR count). The van der Waals surface area contributed by atoms with Gasteiger partial charge in [-0.05, 0) is 26.0 Å². The van der Waals surface area contributed by atoms with E-state index in [0.717, 1.165) is 6.07 Å². The lowest BCUT2D eigenvalue weighted by molar-refractivity contribution is -0.166. The summed E-state index contributed by atoms with van der Waals surface area (Å²) in [7, 11) is 0. The van der Waals surface area contributed by atoms with Gasteiger partial charge in [0.2, 0.25) is 5.60 Å². The second-order valence-corrected chi connectivity index (χ2v) is 5.02. The van der Waals surface area contributed by atoms with Gasteiger partial charge >= 0.3 is 5.97 Å². The molecule has 1 aromatic carbocycles. The van der Waals surface area contributed by atoms with Gasteiger partial charge in [0, 0.05) is 12.0 Å². The summed E-state index contributed by atoms with van der Waals surface area (Å²) in [4.78, 5) is 17.0. The van der Waals surface area contributed by atoms with Crippen molar-refractivity contribution in [2.24, 2.45) is 5.16 Å². The van der Waals surface area contributed by atoms with Gasteiger partial charge in [0.05, 0.1) is 23.0 Å². The lowest BCUT2D eigenvalue weighted by Crippen LogP contribution is -2.37. The largest absolute Gasteiger partial charge is 0.463 e. The van der Waals surface area contributed by atoms with E-state index in [1.165, 1.54) is 6.07 Å². The molecule has 1 heterocycles. The molecular weight excluding hydrogens is 287 g/mol. The fourth-order valence-electron chi connectivity index (χ4n) is 1.86. The zero-order chi connectivity index (χ0) is 14.9. The molecule has 0 aromatic heterocycles. The summed E-state index contributed by atoms with van der Waals surface area (Å²) in [6.07, 6.45) is 0.177. The van der Waals surface area contributed by atoms with Gasteiger partial charge in [0.15, 0.2) is 0 Å². The fourth-order valence-corrected chi connectivity index (χ4v) is 2.12. The normalized spacial score (nSPS) is 21.3. The van der Waals surface area contributed by atoms with E-state index in [2.05, 4.69) is 5.16 Å². The molecule has 5 nitrogen and oxygen atoms in total. The molecule has 0 bridgehead atoms. The highest BCUT2D eigenvalue weighted by atomic mass is 35.5. The number of benzene rings is 1. The quantitative estimate of drug-likeness (QED) is 0.687. The van der Waals surface area contributed by atoms with Gasteiger partial charge < -0.3 is 15.3 Å². The van der Waals surface area contributed by atoms with Gasteiger partial charge in [-0.2, -0.15) is 0 Å². The van der Waals surface area contributed by atoms with E-state index in [-0.39, 0.29) is 23.7 Å². The summed E-state index contributed by atoms with van der Waals surface area (Å²) in [6, 6.07) is 2.48. The smallest absolute Gasteiger partial charge is 0.353 e. The highest BCUT2D eigenvalue weighted by Crippen LogP contribution is 2.32. The third-order valence-electron chi connectivity index (χ3n) is 2.97. The van der Waals surface area contributed by atoms with Crippen LogP contribution in [0.25, 0.3) is 0 Å². The third-order valence-corrected chi connectivity index (χ3v) is 3.28. The topological polar surface area (TPSA) is 73.9 Å².